The van der Waals surface area contributed by atoms with Crippen molar-refractivity contribution in [2.75, 3.05) is 38.5 Å². The van der Waals surface area contributed by atoms with Gasteiger partial charge in [0.15, 0.2) is 5.65 Å². The highest BCUT2D eigenvalue weighted by Gasteiger charge is 2.21. The number of nitrogens with zero attached hydrogens (tertiary/aromatic N) is 6. The molecule has 0 radical (unpaired) electrons. The standard InChI is InChI=1S/C31H30N6OS/c38-28(36-20-18-35(19-21-36)17-9-14-24-10-3-1-4-11-24)23-39-31-32-30-29(33-34-31)26-15-7-8-16-27(26)37(30)22-25-12-5-2-6-13-25/h1-16H,17-23H2/b14-9+. The molecule has 2 aromatic heterocycles. The maximum Gasteiger partial charge on any atom is 0.233 e. The normalized spacial score (nSPS) is 14.5. The molecule has 7 nitrogen and oxygen atoms in total. The number of thioether (sulfide) groups is 1. The Kier molecular flexibility index (Phi) is 7.65. The molecule has 3 aromatic carbocycles. The number of fused-ring (bicyclic) bond motifs is 3. The van der Waals surface area contributed by atoms with Gasteiger partial charge in [-0.3, -0.25) is 9.69 Å². The van der Waals surface area contributed by atoms with Gasteiger partial charge >= 0.3 is 0 Å². The highest BCUT2D eigenvalue weighted by molar-refractivity contribution is 7.99. The van der Waals surface area contributed by atoms with Gasteiger partial charge in [0.05, 0.1) is 11.3 Å². The Morgan fingerprint density at radius 3 is 2.36 bits per heavy atom. The Bertz CT molecular complexity index is 1590. The summed E-state index contributed by atoms with van der Waals surface area (Å²) in [4.78, 5) is 22.2. The van der Waals surface area contributed by atoms with Crippen LogP contribution in [0.3, 0.4) is 0 Å². The van der Waals surface area contributed by atoms with Crippen LogP contribution in [-0.2, 0) is 11.3 Å². The fraction of sp³-hybridized carbons (Fsp3) is 0.226. The lowest BCUT2D eigenvalue weighted by Gasteiger charge is -2.34. The average Bonchev–Trinajstić information content (AvgIpc) is 3.30. The fourth-order valence-electron chi connectivity index (χ4n) is 4.98. The first kappa shape index (κ1) is 25.3. The third-order valence-electron chi connectivity index (χ3n) is 7.06. The molecule has 6 rings (SSSR count). The van der Waals surface area contributed by atoms with Gasteiger partial charge in [0.1, 0.15) is 5.52 Å². The molecule has 8 heteroatoms. The van der Waals surface area contributed by atoms with Crippen molar-refractivity contribution in [3.63, 3.8) is 0 Å². The number of amides is 1. The van der Waals surface area contributed by atoms with Gasteiger partial charge in [-0.05, 0) is 17.2 Å². The van der Waals surface area contributed by atoms with Gasteiger partial charge in [-0.15, -0.1) is 10.2 Å². The van der Waals surface area contributed by atoms with E-state index in [0.29, 0.717) is 17.5 Å². The van der Waals surface area contributed by atoms with Crippen molar-refractivity contribution in [3.05, 3.63) is 102 Å². The number of benzene rings is 3. The molecular weight excluding hydrogens is 504 g/mol. The van der Waals surface area contributed by atoms with Crippen LogP contribution in [0.15, 0.2) is 96.2 Å². The summed E-state index contributed by atoms with van der Waals surface area (Å²) in [7, 11) is 0. The molecule has 0 N–H and O–H groups in total. The van der Waals surface area contributed by atoms with Crippen LogP contribution in [-0.4, -0.2) is 73.9 Å². The number of carbonyl (C=O) groups is 1. The topological polar surface area (TPSA) is 67.2 Å². The van der Waals surface area contributed by atoms with Gasteiger partial charge in [-0.1, -0.05) is 103 Å². The number of hydrogen-bond acceptors (Lipinski definition) is 6. The van der Waals surface area contributed by atoms with Crippen molar-refractivity contribution in [2.24, 2.45) is 0 Å². The first-order valence-electron chi connectivity index (χ1n) is 13.2. The summed E-state index contributed by atoms with van der Waals surface area (Å²) in [5, 5.41) is 10.5. The maximum atomic E-state index is 13.0. The highest BCUT2D eigenvalue weighted by Crippen LogP contribution is 2.28. The second-order valence-electron chi connectivity index (χ2n) is 9.64. The maximum absolute atomic E-state index is 13.0. The van der Waals surface area contributed by atoms with Gasteiger partial charge in [0.2, 0.25) is 11.1 Å². The molecular formula is C31H30N6OS. The van der Waals surface area contributed by atoms with Gasteiger partial charge in [-0.25, -0.2) is 4.98 Å². The Hall–Kier alpha value is -4.01. The van der Waals surface area contributed by atoms with E-state index in [2.05, 4.69) is 68.2 Å². The predicted molar refractivity (Wildman–Crippen MR) is 158 cm³/mol. The number of piperazine rings is 1. The first-order valence-corrected chi connectivity index (χ1v) is 14.2. The zero-order valence-electron chi connectivity index (χ0n) is 21.7. The zero-order valence-corrected chi connectivity index (χ0v) is 22.5. The lowest BCUT2D eigenvalue weighted by atomic mass is 10.2. The Morgan fingerprint density at radius 1 is 0.846 bits per heavy atom. The molecule has 0 spiro atoms. The molecule has 0 atom stereocenters. The first-order chi connectivity index (χ1) is 19.2. The monoisotopic (exact) mass is 534 g/mol. The van der Waals surface area contributed by atoms with E-state index >= 15 is 0 Å². The van der Waals surface area contributed by atoms with E-state index in [1.165, 1.54) is 22.9 Å². The van der Waals surface area contributed by atoms with E-state index in [1.807, 2.05) is 53.4 Å². The quantitative estimate of drug-likeness (QED) is 0.262. The van der Waals surface area contributed by atoms with Crippen LogP contribution in [0.5, 0.6) is 0 Å². The van der Waals surface area contributed by atoms with E-state index < -0.39 is 0 Å². The Morgan fingerprint density at radius 2 is 1.56 bits per heavy atom. The number of rotatable bonds is 8. The van der Waals surface area contributed by atoms with Crippen LogP contribution in [0.2, 0.25) is 0 Å². The Balaban J connectivity index is 1.09. The van der Waals surface area contributed by atoms with Crippen LogP contribution in [0.4, 0.5) is 0 Å². The van der Waals surface area contributed by atoms with E-state index in [0.717, 1.165) is 54.8 Å². The van der Waals surface area contributed by atoms with Crippen molar-refractivity contribution in [2.45, 2.75) is 11.7 Å². The number of hydrogen-bond donors (Lipinski definition) is 0. The van der Waals surface area contributed by atoms with E-state index in [9.17, 15) is 4.79 Å². The molecule has 0 unspecified atom stereocenters. The molecule has 39 heavy (non-hydrogen) atoms. The van der Waals surface area contributed by atoms with Crippen molar-refractivity contribution in [1.82, 2.24) is 29.5 Å². The van der Waals surface area contributed by atoms with Gasteiger partial charge in [-0.2, -0.15) is 0 Å². The molecule has 0 aliphatic carbocycles. The fourth-order valence-corrected chi connectivity index (χ4v) is 5.66. The smallest absolute Gasteiger partial charge is 0.233 e. The van der Waals surface area contributed by atoms with E-state index in [1.54, 1.807) is 0 Å². The molecule has 5 aromatic rings. The van der Waals surface area contributed by atoms with Gasteiger partial charge < -0.3 is 9.47 Å². The van der Waals surface area contributed by atoms with E-state index in [-0.39, 0.29) is 5.91 Å². The predicted octanol–water partition coefficient (Wildman–Crippen LogP) is 4.98. The molecule has 1 fully saturated rings. The van der Waals surface area contributed by atoms with Crippen molar-refractivity contribution >= 4 is 45.8 Å². The minimum atomic E-state index is 0.119. The summed E-state index contributed by atoms with van der Waals surface area (Å²) in [6, 6.07) is 28.9. The number of carbonyl (C=O) groups excluding carboxylic acids is 1. The van der Waals surface area contributed by atoms with Crippen LogP contribution >= 0.6 is 11.8 Å². The van der Waals surface area contributed by atoms with Crippen molar-refractivity contribution in [3.8, 4) is 0 Å². The van der Waals surface area contributed by atoms with E-state index in [4.69, 9.17) is 4.98 Å². The minimum absolute atomic E-state index is 0.119. The van der Waals surface area contributed by atoms with Crippen LogP contribution < -0.4 is 0 Å². The van der Waals surface area contributed by atoms with Gasteiger partial charge in [0, 0.05) is 44.7 Å². The summed E-state index contributed by atoms with van der Waals surface area (Å²) in [6.45, 7) is 4.81. The van der Waals surface area contributed by atoms with Crippen LogP contribution in [0, 0.1) is 0 Å². The summed E-state index contributed by atoms with van der Waals surface area (Å²) >= 11 is 1.36. The molecule has 3 heterocycles. The number of aromatic nitrogens is 4. The van der Waals surface area contributed by atoms with Crippen LogP contribution in [0.1, 0.15) is 11.1 Å². The summed E-state index contributed by atoms with van der Waals surface area (Å²) < 4.78 is 2.19. The zero-order chi connectivity index (χ0) is 26.4. The third kappa shape index (κ3) is 5.87. The molecule has 0 bridgehead atoms. The second-order valence-corrected chi connectivity index (χ2v) is 10.6. The average molecular weight is 535 g/mol. The van der Waals surface area contributed by atoms with Crippen molar-refractivity contribution in [1.29, 1.82) is 0 Å². The largest absolute Gasteiger partial charge is 0.339 e. The summed E-state index contributed by atoms with van der Waals surface area (Å²) in [5.74, 6) is 0.424. The molecule has 1 aliphatic rings. The third-order valence-corrected chi connectivity index (χ3v) is 7.88. The molecule has 1 saturated heterocycles. The van der Waals surface area contributed by atoms with Crippen molar-refractivity contribution < 1.29 is 4.79 Å². The molecule has 1 aliphatic heterocycles. The van der Waals surface area contributed by atoms with Gasteiger partial charge in [0.25, 0.3) is 0 Å². The van der Waals surface area contributed by atoms with Crippen LogP contribution in [0.25, 0.3) is 28.1 Å². The second kappa shape index (κ2) is 11.8. The Labute approximate surface area is 232 Å². The highest BCUT2D eigenvalue weighted by atomic mass is 32.2. The molecule has 196 valence electrons. The minimum Gasteiger partial charge on any atom is -0.339 e. The number of para-hydroxylation sites is 1. The summed E-state index contributed by atoms with van der Waals surface area (Å²) in [5.41, 5.74) is 5.06. The lowest BCUT2D eigenvalue weighted by molar-refractivity contribution is -0.130. The molecule has 1 amide bonds. The molecule has 0 saturated carbocycles. The lowest BCUT2D eigenvalue weighted by Crippen LogP contribution is -2.49. The summed E-state index contributed by atoms with van der Waals surface area (Å²) in [6.07, 6.45) is 4.35. The SMILES string of the molecule is O=C(CSc1nnc2c3ccccc3n(Cc3ccccc3)c2n1)N1CCN(C/C=C/c2ccccc2)CC1.